The quantitative estimate of drug-likeness (QED) is 0.741. The molecule has 0 spiro atoms. The number of nitriles is 1. The van der Waals surface area contributed by atoms with Crippen molar-refractivity contribution in [1.82, 2.24) is 4.57 Å². The van der Waals surface area contributed by atoms with Gasteiger partial charge in [-0.25, -0.2) is 0 Å². The number of aryl methyl sites for hydroxylation is 1. The van der Waals surface area contributed by atoms with Crippen LogP contribution in [0.4, 0.5) is 0 Å². The third kappa shape index (κ3) is 2.57. The van der Waals surface area contributed by atoms with Crippen LogP contribution in [0.15, 0.2) is 54.7 Å². The number of benzene rings is 2. The predicted molar refractivity (Wildman–Crippen MR) is 84.0 cm³/mol. The number of nitrogens with zero attached hydrogens (tertiary/aromatic N) is 2. The van der Waals surface area contributed by atoms with E-state index in [1.165, 1.54) is 4.57 Å². The molecule has 0 bridgehead atoms. The van der Waals surface area contributed by atoms with Gasteiger partial charge in [-0.15, -0.1) is 0 Å². The van der Waals surface area contributed by atoms with E-state index >= 15 is 0 Å². The molecule has 3 aromatic rings. The number of para-hydroxylation sites is 1. The van der Waals surface area contributed by atoms with Gasteiger partial charge in [-0.1, -0.05) is 35.9 Å². The Labute approximate surface area is 128 Å². The Morgan fingerprint density at radius 3 is 2.64 bits per heavy atom. The van der Waals surface area contributed by atoms with Crippen molar-refractivity contribution in [2.45, 2.75) is 6.92 Å². The molecule has 108 valence electrons. The van der Waals surface area contributed by atoms with Gasteiger partial charge in [0.1, 0.15) is 11.8 Å². The first-order valence-corrected chi connectivity index (χ1v) is 6.92. The molecular formula is C18H14N2O2. The predicted octanol–water partition coefficient (Wildman–Crippen LogP) is 3.54. The highest BCUT2D eigenvalue weighted by Crippen LogP contribution is 2.20. The second kappa shape index (κ2) is 5.74. The number of rotatable bonds is 3. The molecule has 0 aliphatic carbocycles. The van der Waals surface area contributed by atoms with Crippen LogP contribution in [-0.4, -0.2) is 17.1 Å². The molecule has 0 N–H and O–H groups in total. The molecule has 0 aliphatic rings. The minimum atomic E-state index is -0.210. The minimum Gasteiger partial charge on any atom is -0.484 e. The van der Waals surface area contributed by atoms with Gasteiger partial charge >= 0.3 is 0 Å². The Bertz CT molecular complexity index is 870. The van der Waals surface area contributed by atoms with Crippen molar-refractivity contribution in [3.05, 3.63) is 65.9 Å². The molecule has 3 rings (SSSR count). The molecule has 0 saturated heterocycles. The zero-order valence-corrected chi connectivity index (χ0v) is 12.1. The summed E-state index contributed by atoms with van der Waals surface area (Å²) >= 11 is 0. The van der Waals surface area contributed by atoms with Crippen LogP contribution in [0.1, 0.15) is 15.9 Å². The van der Waals surface area contributed by atoms with Gasteiger partial charge in [0.25, 0.3) is 5.91 Å². The SMILES string of the molecule is Cc1ccc(OCC(=O)n2cc(C#N)c3ccccc32)cc1. The third-order valence-corrected chi connectivity index (χ3v) is 3.48. The summed E-state index contributed by atoms with van der Waals surface area (Å²) < 4.78 is 6.99. The van der Waals surface area contributed by atoms with Gasteiger partial charge < -0.3 is 4.74 Å². The van der Waals surface area contributed by atoms with Gasteiger partial charge in [-0.2, -0.15) is 5.26 Å². The van der Waals surface area contributed by atoms with E-state index in [0.29, 0.717) is 11.3 Å². The van der Waals surface area contributed by atoms with Gasteiger partial charge in [0.2, 0.25) is 0 Å². The largest absolute Gasteiger partial charge is 0.484 e. The zero-order chi connectivity index (χ0) is 15.5. The highest BCUT2D eigenvalue weighted by molar-refractivity contribution is 5.96. The summed E-state index contributed by atoms with van der Waals surface area (Å²) in [6, 6.07) is 17.0. The maximum atomic E-state index is 12.4. The van der Waals surface area contributed by atoms with Crippen LogP contribution in [0.25, 0.3) is 10.9 Å². The second-order valence-corrected chi connectivity index (χ2v) is 5.04. The Balaban J connectivity index is 1.83. The number of fused-ring (bicyclic) bond motifs is 1. The average Bonchev–Trinajstić information content (AvgIpc) is 2.93. The molecule has 0 amide bonds. The number of ether oxygens (including phenoxy) is 1. The van der Waals surface area contributed by atoms with Gasteiger partial charge in [0.15, 0.2) is 6.61 Å². The molecule has 0 aliphatic heterocycles. The second-order valence-electron chi connectivity index (χ2n) is 5.04. The summed E-state index contributed by atoms with van der Waals surface area (Å²) in [5, 5.41) is 9.93. The monoisotopic (exact) mass is 290 g/mol. The molecule has 4 nitrogen and oxygen atoms in total. The fourth-order valence-corrected chi connectivity index (χ4v) is 2.32. The van der Waals surface area contributed by atoms with E-state index in [1.807, 2.05) is 55.5 Å². The van der Waals surface area contributed by atoms with Crippen LogP contribution in [0.2, 0.25) is 0 Å². The molecule has 0 unspecified atom stereocenters. The Kier molecular flexibility index (Phi) is 3.63. The standard InChI is InChI=1S/C18H14N2O2/c1-13-6-8-15(9-7-13)22-12-18(21)20-11-14(10-19)16-4-2-3-5-17(16)20/h2-9,11H,12H2,1H3. The molecular weight excluding hydrogens is 276 g/mol. The molecule has 1 aromatic heterocycles. The van der Waals surface area contributed by atoms with E-state index in [1.54, 1.807) is 6.20 Å². The lowest BCUT2D eigenvalue weighted by atomic mass is 10.2. The fourth-order valence-electron chi connectivity index (χ4n) is 2.32. The van der Waals surface area contributed by atoms with Gasteiger partial charge in [0, 0.05) is 11.6 Å². The third-order valence-electron chi connectivity index (χ3n) is 3.48. The first-order chi connectivity index (χ1) is 10.7. The van der Waals surface area contributed by atoms with Crippen LogP contribution >= 0.6 is 0 Å². The van der Waals surface area contributed by atoms with Crippen molar-refractivity contribution in [2.24, 2.45) is 0 Å². The molecule has 2 aromatic carbocycles. The summed E-state index contributed by atoms with van der Waals surface area (Å²) in [6.07, 6.45) is 1.56. The molecule has 0 fully saturated rings. The molecule has 0 radical (unpaired) electrons. The molecule has 0 atom stereocenters. The molecule has 4 heteroatoms. The van der Waals surface area contributed by atoms with E-state index in [-0.39, 0.29) is 12.5 Å². The first-order valence-electron chi connectivity index (χ1n) is 6.92. The highest BCUT2D eigenvalue weighted by Gasteiger charge is 2.13. The highest BCUT2D eigenvalue weighted by atomic mass is 16.5. The zero-order valence-electron chi connectivity index (χ0n) is 12.1. The Morgan fingerprint density at radius 2 is 1.91 bits per heavy atom. The van der Waals surface area contributed by atoms with Crippen molar-refractivity contribution in [3.8, 4) is 11.8 Å². The summed E-state index contributed by atoms with van der Waals surface area (Å²) in [5.74, 6) is 0.439. The lowest BCUT2D eigenvalue weighted by Gasteiger charge is -2.07. The van der Waals surface area contributed by atoms with E-state index in [9.17, 15) is 4.79 Å². The van der Waals surface area contributed by atoms with Crippen LogP contribution in [0.3, 0.4) is 0 Å². The van der Waals surface area contributed by atoms with Crippen molar-refractivity contribution in [2.75, 3.05) is 6.61 Å². The lowest BCUT2D eigenvalue weighted by molar-refractivity contribution is 0.0843. The number of carbonyl (C=O) groups excluding carboxylic acids is 1. The van der Waals surface area contributed by atoms with Gasteiger partial charge in [-0.05, 0) is 25.1 Å². The van der Waals surface area contributed by atoms with E-state index in [4.69, 9.17) is 10.00 Å². The number of aromatic nitrogens is 1. The van der Waals surface area contributed by atoms with Crippen molar-refractivity contribution in [1.29, 1.82) is 5.26 Å². The minimum absolute atomic E-state index is 0.0768. The first kappa shape index (κ1) is 13.9. The number of hydrogen-bond donors (Lipinski definition) is 0. The summed E-state index contributed by atoms with van der Waals surface area (Å²) in [4.78, 5) is 12.4. The molecule has 1 heterocycles. The van der Waals surface area contributed by atoms with E-state index in [0.717, 1.165) is 16.5 Å². The Hall–Kier alpha value is -3.06. The van der Waals surface area contributed by atoms with Crippen molar-refractivity contribution >= 4 is 16.8 Å². The molecule has 22 heavy (non-hydrogen) atoms. The topological polar surface area (TPSA) is 55.0 Å². The summed E-state index contributed by atoms with van der Waals surface area (Å²) in [5.41, 5.74) is 2.34. The maximum absolute atomic E-state index is 12.4. The van der Waals surface area contributed by atoms with Crippen LogP contribution in [0.5, 0.6) is 5.75 Å². The van der Waals surface area contributed by atoms with Crippen molar-refractivity contribution in [3.63, 3.8) is 0 Å². The van der Waals surface area contributed by atoms with Crippen LogP contribution < -0.4 is 4.74 Å². The van der Waals surface area contributed by atoms with Crippen molar-refractivity contribution < 1.29 is 9.53 Å². The van der Waals surface area contributed by atoms with E-state index in [2.05, 4.69) is 6.07 Å². The Morgan fingerprint density at radius 1 is 1.18 bits per heavy atom. The average molecular weight is 290 g/mol. The summed E-state index contributed by atoms with van der Waals surface area (Å²) in [7, 11) is 0. The van der Waals surface area contributed by atoms with Gasteiger partial charge in [-0.3, -0.25) is 9.36 Å². The normalized spacial score (nSPS) is 10.4. The fraction of sp³-hybridized carbons (Fsp3) is 0.111. The van der Waals surface area contributed by atoms with Crippen LogP contribution in [-0.2, 0) is 0 Å². The van der Waals surface area contributed by atoms with E-state index < -0.39 is 0 Å². The summed E-state index contributed by atoms with van der Waals surface area (Å²) in [6.45, 7) is 1.91. The van der Waals surface area contributed by atoms with Gasteiger partial charge in [0.05, 0.1) is 11.1 Å². The smallest absolute Gasteiger partial charge is 0.269 e. The lowest BCUT2D eigenvalue weighted by Crippen LogP contribution is -2.18. The van der Waals surface area contributed by atoms with Crippen LogP contribution in [0, 0.1) is 18.3 Å². The molecule has 0 saturated carbocycles. The number of carbonyl (C=O) groups is 1. The maximum Gasteiger partial charge on any atom is 0.269 e. The number of hydrogen-bond acceptors (Lipinski definition) is 3.